The molecule has 1 heterocycles. The molecule has 7 nitrogen and oxygen atoms in total. The summed E-state index contributed by atoms with van der Waals surface area (Å²) in [6.07, 6.45) is 1.14. The van der Waals surface area contributed by atoms with Gasteiger partial charge in [-0.1, -0.05) is 0 Å². The lowest BCUT2D eigenvalue weighted by atomic mass is 10.4. The van der Waals surface area contributed by atoms with Crippen LogP contribution in [0.3, 0.4) is 0 Å². The first-order chi connectivity index (χ1) is 8.36. The zero-order valence-corrected chi connectivity index (χ0v) is 11.0. The summed E-state index contributed by atoms with van der Waals surface area (Å²) in [5.41, 5.74) is -0.173. The summed E-state index contributed by atoms with van der Waals surface area (Å²) in [7, 11) is -3.73. The minimum absolute atomic E-state index is 0.108. The number of aromatic nitrogens is 1. The van der Waals surface area contributed by atoms with Crippen molar-refractivity contribution in [2.45, 2.75) is 24.8 Å². The Bertz CT molecular complexity index is 508. The molecule has 0 saturated heterocycles. The number of carbonyl (C=O) groups is 1. The fraction of sp³-hybridized carbons (Fsp3) is 0.500. The molecule has 0 aliphatic rings. The van der Waals surface area contributed by atoms with Gasteiger partial charge in [-0.15, -0.1) is 0 Å². The summed E-state index contributed by atoms with van der Waals surface area (Å²) < 4.78 is 31.2. The number of hydrogen-bond donors (Lipinski definition) is 3. The van der Waals surface area contributed by atoms with Crippen molar-refractivity contribution < 1.29 is 23.1 Å². The van der Waals surface area contributed by atoms with Crippen molar-refractivity contribution in [1.82, 2.24) is 9.71 Å². The van der Waals surface area contributed by atoms with E-state index in [9.17, 15) is 13.2 Å². The Labute approximate surface area is 105 Å². The highest BCUT2D eigenvalue weighted by Gasteiger charge is 2.20. The maximum atomic E-state index is 11.9. The molecule has 1 rings (SSSR count). The van der Waals surface area contributed by atoms with E-state index in [2.05, 4.69) is 9.71 Å². The molecule has 0 saturated carbocycles. The molecule has 0 aliphatic carbocycles. The van der Waals surface area contributed by atoms with Gasteiger partial charge in [0.15, 0.2) is 0 Å². The van der Waals surface area contributed by atoms with Crippen molar-refractivity contribution in [1.29, 1.82) is 0 Å². The predicted molar refractivity (Wildman–Crippen MR) is 64.0 cm³/mol. The van der Waals surface area contributed by atoms with Crippen LogP contribution >= 0.6 is 0 Å². The van der Waals surface area contributed by atoms with Crippen molar-refractivity contribution in [3.8, 4) is 0 Å². The zero-order chi connectivity index (χ0) is 13.8. The predicted octanol–water partition coefficient (Wildman–Crippen LogP) is 0.416. The molecule has 0 aliphatic heterocycles. The standard InChI is InChI=1S/C10H16N2O5S/c1-3-17-6-7(2)12-18(15,16)8-4-9(10(13)14)11-5-8/h4-5,7,11-12H,3,6H2,1-2H3,(H,13,14). The molecule has 1 aromatic rings. The quantitative estimate of drug-likeness (QED) is 0.668. The summed E-state index contributed by atoms with van der Waals surface area (Å²) in [6, 6.07) is 0.677. The molecule has 1 atom stereocenters. The molecule has 8 heteroatoms. The fourth-order valence-corrected chi connectivity index (χ4v) is 2.54. The van der Waals surface area contributed by atoms with Crippen LogP contribution in [0.15, 0.2) is 17.2 Å². The Balaban J connectivity index is 2.76. The first-order valence-corrected chi connectivity index (χ1v) is 6.87. The highest BCUT2D eigenvalue weighted by Crippen LogP contribution is 2.11. The number of H-pyrrole nitrogens is 1. The van der Waals surface area contributed by atoms with Crippen LogP contribution in [0.2, 0.25) is 0 Å². The van der Waals surface area contributed by atoms with E-state index in [4.69, 9.17) is 9.84 Å². The summed E-state index contributed by atoms with van der Waals surface area (Å²) in [5, 5.41) is 8.70. The van der Waals surface area contributed by atoms with Gasteiger partial charge >= 0.3 is 5.97 Å². The summed E-state index contributed by atoms with van der Waals surface area (Å²) in [6.45, 7) is 4.23. The maximum Gasteiger partial charge on any atom is 0.352 e. The molecular formula is C10H16N2O5S. The normalized spacial score (nSPS) is 13.4. The van der Waals surface area contributed by atoms with Crippen LogP contribution < -0.4 is 4.72 Å². The topological polar surface area (TPSA) is 108 Å². The molecule has 18 heavy (non-hydrogen) atoms. The SMILES string of the molecule is CCOCC(C)NS(=O)(=O)c1c[nH]c(C(=O)O)c1. The molecule has 3 N–H and O–H groups in total. The van der Waals surface area contributed by atoms with Crippen molar-refractivity contribution in [3.63, 3.8) is 0 Å². The van der Waals surface area contributed by atoms with Gasteiger partial charge in [0, 0.05) is 18.8 Å². The zero-order valence-electron chi connectivity index (χ0n) is 10.1. The van der Waals surface area contributed by atoms with Gasteiger partial charge in [0.2, 0.25) is 10.0 Å². The summed E-state index contributed by atoms with van der Waals surface area (Å²) >= 11 is 0. The minimum atomic E-state index is -3.73. The Morgan fingerprint density at radius 2 is 2.28 bits per heavy atom. The van der Waals surface area contributed by atoms with Crippen LogP contribution in [0.25, 0.3) is 0 Å². The lowest BCUT2D eigenvalue weighted by Gasteiger charge is -2.12. The molecule has 0 aromatic carbocycles. The molecule has 1 unspecified atom stereocenters. The van der Waals surface area contributed by atoms with E-state index in [0.717, 1.165) is 12.3 Å². The second-order valence-electron chi connectivity index (χ2n) is 3.74. The van der Waals surface area contributed by atoms with Crippen LogP contribution in [0, 0.1) is 0 Å². The molecule has 0 radical (unpaired) electrons. The number of nitrogens with one attached hydrogen (secondary N) is 2. The lowest BCUT2D eigenvalue weighted by molar-refractivity contribution is 0.0691. The second-order valence-corrected chi connectivity index (χ2v) is 5.45. The third-order valence-electron chi connectivity index (χ3n) is 2.13. The van der Waals surface area contributed by atoms with Gasteiger partial charge in [0.25, 0.3) is 0 Å². The largest absolute Gasteiger partial charge is 0.477 e. The van der Waals surface area contributed by atoms with E-state index in [0.29, 0.717) is 6.61 Å². The van der Waals surface area contributed by atoms with Gasteiger partial charge in [0.1, 0.15) is 10.6 Å². The van der Waals surface area contributed by atoms with Crippen LogP contribution in [0.4, 0.5) is 0 Å². The second kappa shape index (κ2) is 5.98. The van der Waals surface area contributed by atoms with Gasteiger partial charge in [-0.2, -0.15) is 0 Å². The number of sulfonamides is 1. The highest BCUT2D eigenvalue weighted by atomic mass is 32.2. The van der Waals surface area contributed by atoms with Crippen LogP contribution in [-0.4, -0.2) is 43.7 Å². The van der Waals surface area contributed by atoms with Gasteiger partial charge in [-0.05, 0) is 19.9 Å². The van der Waals surface area contributed by atoms with Gasteiger partial charge in [-0.3, -0.25) is 0 Å². The molecule has 102 valence electrons. The Kier molecular flexibility index (Phi) is 4.88. The molecule has 0 amide bonds. The Morgan fingerprint density at radius 1 is 1.61 bits per heavy atom. The maximum absolute atomic E-state index is 11.9. The van der Waals surface area contributed by atoms with Crippen molar-refractivity contribution in [3.05, 3.63) is 18.0 Å². The third kappa shape index (κ3) is 3.83. The van der Waals surface area contributed by atoms with E-state index >= 15 is 0 Å². The number of aromatic amines is 1. The number of hydrogen-bond acceptors (Lipinski definition) is 4. The van der Waals surface area contributed by atoms with Crippen molar-refractivity contribution in [2.24, 2.45) is 0 Å². The minimum Gasteiger partial charge on any atom is -0.477 e. The third-order valence-corrected chi connectivity index (χ3v) is 3.69. The van der Waals surface area contributed by atoms with E-state index in [-0.39, 0.29) is 17.2 Å². The van der Waals surface area contributed by atoms with Gasteiger partial charge < -0.3 is 14.8 Å². The first kappa shape index (κ1) is 14.7. The Morgan fingerprint density at radius 3 is 2.78 bits per heavy atom. The van der Waals surface area contributed by atoms with E-state index in [1.54, 1.807) is 6.92 Å². The van der Waals surface area contributed by atoms with Crippen molar-refractivity contribution in [2.75, 3.05) is 13.2 Å². The summed E-state index contributed by atoms with van der Waals surface area (Å²) in [5.74, 6) is -1.21. The summed E-state index contributed by atoms with van der Waals surface area (Å²) in [4.78, 5) is 12.9. The number of rotatable bonds is 7. The Hall–Kier alpha value is -1.38. The molecule has 0 spiro atoms. The molecule has 0 bridgehead atoms. The average Bonchev–Trinajstić information content (AvgIpc) is 2.75. The molecule has 0 fully saturated rings. The molecule has 1 aromatic heterocycles. The number of ether oxygens (including phenoxy) is 1. The fourth-order valence-electron chi connectivity index (χ4n) is 1.31. The average molecular weight is 276 g/mol. The number of aromatic carboxylic acids is 1. The van der Waals surface area contributed by atoms with Gasteiger partial charge in [0.05, 0.1) is 6.61 Å². The smallest absolute Gasteiger partial charge is 0.352 e. The van der Waals surface area contributed by atoms with E-state index < -0.39 is 22.0 Å². The van der Waals surface area contributed by atoms with E-state index in [1.807, 2.05) is 6.92 Å². The van der Waals surface area contributed by atoms with Crippen molar-refractivity contribution >= 4 is 16.0 Å². The highest BCUT2D eigenvalue weighted by molar-refractivity contribution is 7.89. The van der Waals surface area contributed by atoms with Crippen LogP contribution in [-0.2, 0) is 14.8 Å². The molecular weight excluding hydrogens is 260 g/mol. The van der Waals surface area contributed by atoms with Crippen LogP contribution in [0.1, 0.15) is 24.3 Å². The lowest BCUT2D eigenvalue weighted by Crippen LogP contribution is -2.35. The van der Waals surface area contributed by atoms with Crippen LogP contribution in [0.5, 0.6) is 0 Å². The van der Waals surface area contributed by atoms with E-state index in [1.165, 1.54) is 0 Å². The monoisotopic (exact) mass is 276 g/mol. The first-order valence-electron chi connectivity index (χ1n) is 5.38. The number of carboxylic acid groups (broad SMARTS) is 1. The number of carboxylic acids is 1. The van der Waals surface area contributed by atoms with Gasteiger partial charge in [-0.25, -0.2) is 17.9 Å².